The third-order valence-electron chi connectivity index (χ3n) is 5.94. The maximum atomic E-state index is 13.8. The normalized spacial score (nSPS) is 18.6. The van der Waals surface area contributed by atoms with Crippen LogP contribution in [0.5, 0.6) is 0 Å². The van der Waals surface area contributed by atoms with Crippen molar-refractivity contribution in [3.63, 3.8) is 0 Å². The second-order valence-corrected chi connectivity index (χ2v) is 10.3. The summed E-state index contributed by atoms with van der Waals surface area (Å²) in [5.74, 6) is -1.66. The first kappa shape index (κ1) is 23.5. The van der Waals surface area contributed by atoms with Crippen molar-refractivity contribution in [1.29, 1.82) is 0 Å². The molecule has 4 rings (SSSR count). The van der Waals surface area contributed by atoms with Crippen molar-refractivity contribution in [2.24, 2.45) is 5.73 Å². The van der Waals surface area contributed by atoms with Gasteiger partial charge in [0, 0.05) is 23.6 Å². The highest BCUT2D eigenvalue weighted by molar-refractivity contribution is 7.91. The number of hydrogen-bond donors (Lipinski definition) is 2. The molecule has 1 aliphatic rings. The van der Waals surface area contributed by atoms with Gasteiger partial charge in [0.2, 0.25) is 0 Å². The molecular weight excluding hydrogens is 467 g/mol. The van der Waals surface area contributed by atoms with E-state index in [2.05, 4.69) is 4.98 Å². The van der Waals surface area contributed by atoms with E-state index in [1.54, 1.807) is 36.4 Å². The molecule has 0 saturated carbocycles. The summed E-state index contributed by atoms with van der Waals surface area (Å²) in [7, 11) is -4.09. The lowest BCUT2D eigenvalue weighted by atomic mass is 9.80. The number of nitrogen functional groups attached to an aromatic ring is 1. The molecule has 34 heavy (non-hydrogen) atoms. The summed E-state index contributed by atoms with van der Waals surface area (Å²) in [5.41, 5.74) is 10.6. The number of carbonyl (C=O) groups is 1. The average Bonchev–Trinajstić information content (AvgIpc) is 2.76. The van der Waals surface area contributed by atoms with E-state index >= 15 is 0 Å². The van der Waals surface area contributed by atoms with Gasteiger partial charge in [-0.05, 0) is 17.2 Å². The van der Waals surface area contributed by atoms with Crippen LogP contribution < -0.4 is 11.5 Å². The molecule has 0 aliphatic heterocycles. The van der Waals surface area contributed by atoms with Crippen molar-refractivity contribution in [1.82, 2.24) is 4.98 Å². The van der Waals surface area contributed by atoms with Gasteiger partial charge in [0.25, 0.3) is 5.91 Å². The highest BCUT2D eigenvalue weighted by atomic mass is 32.2. The quantitative estimate of drug-likeness (QED) is 0.572. The molecule has 1 aromatic heterocycles. The molecule has 1 aliphatic carbocycles. The number of carbonyl (C=O) groups excluding carboxylic acids is 1. The second-order valence-electron chi connectivity index (χ2n) is 8.07. The average molecular weight is 488 g/mol. The zero-order chi connectivity index (χ0) is 24.9. The highest BCUT2D eigenvalue weighted by Gasteiger charge is 2.47. The number of rotatable bonds is 4. The summed E-state index contributed by atoms with van der Waals surface area (Å²) in [6.07, 6.45) is 0.605. The predicted molar refractivity (Wildman–Crippen MR) is 124 cm³/mol. The summed E-state index contributed by atoms with van der Waals surface area (Å²) in [6, 6.07) is 12.2. The maximum absolute atomic E-state index is 13.8. The maximum Gasteiger partial charge on any atom is 0.418 e. The van der Waals surface area contributed by atoms with Crippen LogP contribution in [-0.2, 0) is 20.8 Å². The van der Waals surface area contributed by atoms with E-state index < -0.39 is 49.1 Å². The number of allylic oxidation sites excluding steroid dienone is 3. The molecule has 176 valence electrons. The number of primary amides is 1. The molecule has 2 aromatic carbocycles. The van der Waals surface area contributed by atoms with E-state index in [0.29, 0.717) is 5.57 Å². The number of halogens is 3. The molecule has 1 unspecified atom stereocenters. The van der Waals surface area contributed by atoms with Gasteiger partial charge in [-0.25, -0.2) is 13.4 Å². The lowest BCUT2D eigenvalue weighted by Gasteiger charge is -2.35. The van der Waals surface area contributed by atoms with E-state index in [-0.39, 0.29) is 17.4 Å². The van der Waals surface area contributed by atoms with Crippen molar-refractivity contribution in [3.8, 4) is 0 Å². The summed E-state index contributed by atoms with van der Waals surface area (Å²) >= 11 is 0. The Hall–Kier alpha value is -3.66. The van der Waals surface area contributed by atoms with Crippen LogP contribution in [0.1, 0.15) is 33.5 Å². The summed E-state index contributed by atoms with van der Waals surface area (Å²) < 4.78 is 66.2. The van der Waals surface area contributed by atoms with Crippen molar-refractivity contribution >= 4 is 38.0 Å². The Kier molecular flexibility index (Phi) is 5.52. The van der Waals surface area contributed by atoms with Crippen LogP contribution in [0.3, 0.4) is 0 Å². The van der Waals surface area contributed by atoms with Crippen LogP contribution in [-0.4, -0.2) is 25.6 Å². The number of anilines is 1. The SMILES string of the molecule is CS(=O)(=O)C1(c2c(C(N)=O)c(N)nc3c(C(F)(F)F)cccc23)C=CC=C(c2ccccc2)C1. The third kappa shape index (κ3) is 3.73. The number of pyridine rings is 1. The minimum atomic E-state index is -4.79. The molecule has 0 fully saturated rings. The van der Waals surface area contributed by atoms with Gasteiger partial charge in [-0.2, -0.15) is 13.2 Å². The molecular formula is C24H20F3N3O3S. The molecule has 6 nitrogen and oxygen atoms in total. The number of alkyl halides is 3. The number of sulfone groups is 1. The minimum absolute atomic E-state index is 0.151. The fourth-order valence-electron chi connectivity index (χ4n) is 4.41. The largest absolute Gasteiger partial charge is 0.418 e. The predicted octanol–water partition coefficient (Wildman–Crippen LogP) is 4.22. The van der Waals surface area contributed by atoms with Crippen molar-refractivity contribution in [3.05, 3.63) is 89.0 Å². The lowest BCUT2D eigenvalue weighted by Crippen LogP contribution is -2.38. The van der Waals surface area contributed by atoms with Crippen LogP contribution in [0.4, 0.5) is 19.0 Å². The monoisotopic (exact) mass is 487 g/mol. The Morgan fingerprint density at radius 1 is 1.09 bits per heavy atom. The van der Waals surface area contributed by atoms with Crippen LogP contribution in [0.2, 0.25) is 0 Å². The fraction of sp³-hybridized carbons (Fsp3) is 0.167. The van der Waals surface area contributed by atoms with Gasteiger partial charge in [0.05, 0.1) is 16.6 Å². The number of aromatic nitrogens is 1. The standard InChI is InChI=1S/C24H20F3N3O3S/c1-34(32,33)23(12-6-9-15(13-23)14-7-3-2-4-8-14)19-16-10-5-11-17(24(25,26)27)20(16)30-21(28)18(19)22(29)31/h2-12H,13H2,1H3,(H2,28,30)(H2,29,31). The summed E-state index contributed by atoms with van der Waals surface area (Å²) in [5, 5.41) is -0.165. The molecule has 0 spiro atoms. The Morgan fingerprint density at radius 2 is 1.76 bits per heavy atom. The van der Waals surface area contributed by atoms with E-state index in [9.17, 15) is 26.4 Å². The first-order chi connectivity index (χ1) is 15.9. The number of benzene rings is 2. The number of hydrogen-bond acceptors (Lipinski definition) is 5. The third-order valence-corrected chi connectivity index (χ3v) is 7.75. The van der Waals surface area contributed by atoms with E-state index in [1.165, 1.54) is 18.2 Å². The highest BCUT2D eigenvalue weighted by Crippen LogP contribution is 2.48. The number of nitrogens with two attached hydrogens (primary N) is 2. The fourth-order valence-corrected chi connectivity index (χ4v) is 5.73. The first-order valence-corrected chi connectivity index (χ1v) is 12.0. The van der Waals surface area contributed by atoms with Crippen LogP contribution >= 0.6 is 0 Å². The van der Waals surface area contributed by atoms with Crippen LogP contribution in [0.15, 0.2) is 66.8 Å². The topological polar surface area (TPSA) is 116 Å². The molecule has 10 heteroatoms. The van der Waals surface area contributed by atoms with Gasteiger partial charge in [0.15, 0.2) is 9.84 Å². The Bertz CT molecular complexity index is 1480. The van der Waals surface area contributed by atoms with Gasteiger partial charge in [-0.1, -0.05) is 60.7 Å². The molecule has 4 N–H and O–H groups in total. The zero-order valence-corrected chi connectivity index (χ0v) is 18.7. The molecule has 0 saturated heterocycles. The van der Waals surface area contributed by atoms with E-state index in [4.69, 9.17) is 11.5 Å². The first-order valence-electron chi connectivity index (χ1n) is 10.1. The van der Waals surface area contributed by atoms with Crippen molar-refractivity contribution in [2.45, 2.75) is 17.3 Å². The Morgan fingerprint density at radius 3 is 2.35 bits per heavy atom. The van der Waals surface area contributed by atoms with Crippen molar-refractivity contribution < 1.29 is 26.4 Å². The van der Waals surface area contributed by atoms with Crippen LogP contribution in [0.25, 0.3) is 16.5 Å². The smallest absolute Gasteiger partial charge is 0.383 e. The Labute approximate surface area is 193 Å². The molecule has 0 bridgehead atoms. The molecule has 1 amide bonds. The Balaban J connectivity index is 2.15. The lowest BCUT2D eigenvalue weighted by molar-refractivity contribution is -0.136. The van der Waals surface area contributed by atoms with Crippen molar-refractivity contribution in [2.75, 3.05) is 12.0 Å². The molecule has 1 heterocycles. The van der Waals surface area contributed by atoms with Gasteiger partial charge >= 0.3 is 6.18 Å². The van der Waals surface area contributed by atoms with Crippen LogP contribution in [0, 0.1) is 0 Å². The molecule has 3 aromatic rings. The number of fused-ring (bicyclic) bond motifs is 1. The molecule has 1 atom stereocenters. The molecule has 0 radical (unpaired) electrons. The van der Waals surface area contributed by atoms with E-state index in [0.717, 1.165) is 24.0 Å². The number of para-hydroxylation sites is 1. The second kappa shape index (κ2) is 7.98. The minimum Gasteiger partial charge on any atom is -0.383 e. The van der Waals surface area contributed by atoms with E-state index in [1.807, 2.05) is 0 Å². The summed E-state index contributed by atoms with van der Waals surface area (Å²) in [6.45, 7) is 0. The summed E-state index contributed by atoms with van der Waals surface area (Å²) in [4.78, 5) is 16.3. The van der Waals surface area contributed by atoms with Gasteiger partial charge in [-0.3, -0.25) is 4.79 Å². The van der Waals surface area contributed by atoms with Gasteiger partial charge < -0.3 is 11.5 Å². The zero-order valence-electron chi connectivity index (χ0n) is 17.9. The number of amides is 1. The van der Waals surface area contributed by atoms with Gasteiger partial charge in [0.1, 0.15) is 10.6 Å². The van der Waals surface area contributed by atoms with Gasteiger partial charge in [-0.15, -0.1) is 0 Å². The number of nitrogens with zero attached hydrogens (tertiary/aromatic N) is 1.